The van der Waals surface area contributed by atoms with Crippen LogP contribution in [0.3, 0.4) is 0 Å². The third-order valence-electron chi connectivity index (χ3n) is 4.77. The van der Waals surface area contributed by atoms with E-state index in [4.69, 9.17) is 9.72 Å². The lowest BCUT2D eigenvalue weighted by molar-refractivity contribution is 0.333. The molecule has 5 aromatic rings. The Kier molecular flexibility index (Phi) is 5.56. The zero-order chi connectivity index (χ0) is 21.6. The summed E-state index contributed by atoms with van der Waals surface area (Å²) >= 11 is 0. The van der Waals surface area contributed by atoms with Crippen LogP contribution in [0.25, 0.3) is 16.9 Å². The fraction of sp³-hybridized carbons (Fsp3) is 0.0833. The highest BCUT2D eigenvalue weighted by Gasteiger charge is 2.14. The van der Waals surface area contributed by atoms with E-state index < -0.39 is 0 Å². The van der Waals surface area contributed by atoms with E-state index in [1.54, 1.807) is 18.7 Å². The lowest BCUT2D eigenvalue weighted by Gasteiger charge is -2.11. The number of para-hydroxylation sites is 2. The van der Waals surface area contributed by atoms with Gasteiger partial charge in [-0.2, -0.15) is 9.97 Å². The van der Waals surface area contributed by atoms with Crippen molar-refractivity contribution >= 4 is 28.6 Å². The molecule has 32 heavy (non-hydrogen) atoms. The molecule has 3 heterocycles. The van der Waals surface area contributed by atoms with Crippen molar-refractivity contribution in [2.45, 2.75) is 0 Å². The molecule has 0 aliphatic heterocycles. The molecule has 0 saturated carbocycles. The van der Waals surface area contributed by atoms with Gasteiger partial charge in [-0.25, -0.2) is 4.98 Å². The van der Waals surface area contributed by atoms with Crippen molar-refractivity contribution in [3.8, 4) is 11.4 Å². The molecule has 3 aromatic heterocycles. The molecule has 5 rings (SSSR count). The summed E-state index contributed by atoms with van der Waals surface area (Å²) in [6, 6.07) is 23.4. The highest BCUT2D eigenvalue weighted by molar-refractivity contribution is 5.85. The van der Waals surface area contributed by atoms with E-state index >= 15 is 0 Å². The predicted octanol–water partition coefficient (Wildman–Crippen LogP) is 4.45. The molecule has 0 spiro atoms. The van der Waals surface area contributed by atoms with Gasteiger partial charge in [0.1, 0.15) is 18.7 Å². The SMILES string of the molecule is c1ccc(OCCNc2nc(Nc3ccncc3)nc3c2ncn3-c2ccccc2)cc1. The largest absolute Gasteiger partial charge is 0.492 e. The number of anilines is 3. The average Bonchev–Trinajstić information content (AvgIpc) is 3.28. The number of nitrogens with zero attached hydrogens (tertiary/aromatic N) is 5. The second-order valence-electron chi connectivity index (χ2n) is 6.97. The van der Waals surface area contributed by atoms with E-state index in [-0.39, 0.29) is 0 Å². The fourth-order valence-corrected chi connectivity index (χ4v) is 3.28. The molecular weight excluding hydrogens is 402 g/mol. The molecule has 0 fully saturated rings. The van der Waals surface area contributed by atoms with Crippen molar-refractivity contribution in [2.75, 3.05) is 23.8 Å². The molecule has 0 amide bonds. The normalized spacial score (nSPS) is 10.8. The summed E-state index contributed by atoms with van der Waals surface area (Å²) < 4.78 is 7.73. The Morgan fingerprint density at radius 3 is 2.38 bits per heavy atom. The maximum absolute atomic E-state index is 5.79. The van der Waals surface area contributed by atoms with Crippen molar-refractivity contribution in [1.82, 2.24) is 24.5 Å². The summed E-state index contributed by atoms with van der Waals surface area (Å²) in [5.74, 6) is 1.93. The van der Waals surface area contributed by atoms with Gasteiger partial charge in [0.25, 0.3) is 0 Å². The third-order valence-corrected chi connectivity index (χ3v) is 4.77. The Morgan fingerprint density at radius 2 is 1.59 bits per heavy atom. The van der Waals surface area contributed by atoms with E-state index in [0.717, 1.165) is 17.1 Å². The molecule has 8 nitrogen and oxygen atoms in total. The predicted molar refractivity (Wildman–Crippen MR) is 125 cm³/mol. The van der Waals surface area contributed by atoms with Crippen LogP contribution in [-0.4, -0.2) is 37.7 Å². The van der Waals surface area contributed by atoms with Crippen molar-refractivity contribution < 1.29 is 4.74 Å². The van der Waals surface area contributed by atoms with Gasteiger partial charge in [-0.05, 0) is 36.4 Å². The van der Waals surface area contributed by atoms with Crippen LogP contribution < -0.4 is 15.4 Å². The molecule has 0 aliphatic rings. The van der Waals surface area contributed by atoms with Crippen LogP contribution in [0.2, 0.25) is 0 Å². The van der Waals surface area contributed by atoms with Crippen LogP contribution in [-0.2, 0) is 0 Å². The smallest absolute Gasteiger partial charge is 0.231 e. The molecule has 158 valence electrons. The first-order chi connectivity index (χ1) is 15.9. The van der Waals surface area contributed by atoms with Gasteiger partial charge in [0.15, 0.2) is 17.0 Å². The maximum Gasteiger partial charge on any atom is 0.231 e. The number of hydrogen-bond donors (Lipinski definition) is 2. The molecule has 0 atom stereocenters. The van der Waals surface area contributed by atoms with Crippen molar-refractivity contribution in [3.63, 3.8) is 0 Å². The van der Waals surface area contributed by atoms with Gasteiger partial charge in [-0.1, -0.05) is 36.4 Å². The van der Waals surface area contributed by atoms with Crippen molar-refractivity contribution in [1.29, 1.82) is 0 Å². The lowest BCUT2D eigenvalue weighted by atomic mass is 10.3. The summed E-state index contributed by atoms with van der Waals surface area (Å²) in [7, 11) is 0. The quantitative estimate of drug-likeness (QED) is 0.357. The van der Waals surface area contributed by atoms with Gasteiger partial charge < -0.3 is 15.4 Å². The Hall–Kier alpha value is -4.46. The van der Waals surface area contributed by atoms with E-state index in [2.05, 4.69) is 25.6 Å². The number of pyridine rings is 1. The second kappa shape index (κ2) is 9.13. The molecule has 0 unspecified atom stereocenters. The Balaban J connectivity index is 1.44. The standard InChI is InChI=1S/C24H21N7O/c1-3-7-19(8-4-1)31-17-27-21-22(26-15-16-32-20-9-5-2-6-10-20)29-24(30-23(21)31)28-18-11-13-25-14-12-18/h1-14,17H,15-16H2,(H2,25,26,28,29,30). The lowest BCUT2D eigenvalue weighted by Crippen LogP contribution is -2.13. The van der Waals surface area contributed by atoms with Crippen LogP contribution in [0, 0.1) is 0 Å². The topological polar surface area (TPSA) is 89.8 Å². The van der Waals surface area contributed by atoms with E-state index in [9.17, 15) is 0 Å². The van der Waals surface area contributed by atoms with Gasteiger partial charge in [0.2, 0.25) is 5.95 Å². The number of nitrogens with one attached hydrogen (secondary N) is 2. The molecule has 0 bridgehead atoms. The third kappa shape index (κ3) is 4.34. The first-order valence-electron chi connectivity index (χ1n) is 10.3. The molecule has 0 saturated heterocycles. The van der Waals surface area contributed by atoms with Gasteiger partial charge in [-0.15, -0.1) is 0 Å². The van der Waals surface area contributed by atoms with Crippen LogP contribution in [0.4, 0.5) is 17.5 Å². The summed E-state index contributed by atoms with van der Waals surface area (Å²) in [5, 5.41) is 6.59. The van der Waals surface area contributed by atoms with E-state index in [1.165, 1.54) is 0 Å². The zero-order valence-corrected chi connectivity index (χ0v) is 17.2. The molecule has 2 N–H and O–H groups in total. The number of ether oxygens (including phenoxy) is 1. The number of rotatable bonds is 8. The molecule has 2 aromatic carbocycles. The first kappa shape index (κ1) is 19.5. The average molecular weight is 423 g/mol. The number of hydrogen-bond acceptors (Lipinski definition) is 7. The summed E-state index contributed by atoms with van der Waals surface area (Å²) in [5.41, 5.74) is 3.22. The first-order valence-corrected chi connectivity index (χ1v) is 10.3. The van der Waals surface area contributed by atoms with Crippen LogP contribution >= 0.6 is 0 Å². The monoisotopic (exact) mass is 423 g/mol. The molecular formula is C24H21N7O. The van der Waals surface area contributed by atoms with Crippen molar-refractivity contribution in [3.05, 3.63) is 91.5 Å². The Morgan fingerprint density at radius 1 is 0.844 bits per heavy atom. The Bertz CT molecular complexity index is 1290. The Labute approximate surface area is 185 Å². The van der Waals surface area contributed by atoms with Crippen molar-refractivity contribution in [2.24, 2.45) is 0 Å². The number of benzene rings is 2. The number of imidazole rings is 1. The van der Waals surface area contributed by atoms with Crippen LogP contribution in [0.15, 0.2) is 91.5 Å². The number of fused-ring (bicyclic) bond motifs is 1. The van der Waals surface area contributed by atoms with Crippen LogP contribution in [0.5, 0.6) is 5.75 Å². The molecule has 8 heteroatoms. The minimum atomic E-state index is 0.466. The minimum absolute atomic E-state index is 0.466. The van der Waals surface area contributed by atoms with Gasteiger partial charge in [-0.3, -0.25) is 9.55 Å². The highest BCUT2D eigenvalue weighted by Crippen LogP contribution is 2.25. The van der Waals surface area contributed by atoms with Gasteiger partial charge in [0, 0.05) is 23.8 Å². The zero-order valence-electron chi connectivity index (χ0n) is 17.2. The van der Waals surface area contributed by atoms with Gasteiger partial charge >= 0.3 is 0 Å². The maximum atomic E-state index is 5.79. The highest BCUT2D eigenvalue weighted by atomic mass is 16.5. The number of aromatic nitrogens is 5. The van der Waals surface area contributed by atoms with Gasteiger partial charge in [0.05, 0.1) is 6.54 Å². The van der Waals surface area contributed by atoms with E-state index in [1.807, 2.05) is 77.4 Å². The minimum Gasteiger partial charge on any atom is -0.492 e. The summed E-state index contributed by atoms with van der Waals surface area (Å²) in [6.45, 7) is 1.05. The molecule has 0 aliphatic carbocycles. The van der Waals surface area contributed by atoms with E-state index in [0.29, 0.717) is 36.1 Å². The molecule has 0 radical (unpaired) electrons. The van der Waals surface area contributed by atoms with Crippen LogP contribution in [0.1, 0.15) is 0 Å². The second-order valence-corrected chi connectivity index (χ2v) is 6.97. The summed E-state index contributed by atoms with van der Waals surface area (Å²) in [6.07, 6.45) is 5.20. The fourth-order valence-electron chi connectivity index (χ4n) is 3.28. The summed E-state index contributed by atoms with van der Waals surface area (Å²) in [4.78, 5) is 18.0.